The number of fused-ring (bicyclic) bond motifs is 1. The Kier molecular flexibility index (Phi) is 5.78. The molecule has 0 fully saturated rings. The highest BCUT2D eigenvalue weighted by Gasteiger charge is 2.16. The van der Waals surface area contributed by atoms with Gasteiger partial charge in [0, 0.05) is 42.8 Å². The van der Waals surface area contributed by atoms with Gasteiger partial charge in [0.25, 0.3) is 0 Å². The van der Waals surface area contributed by atoms with Gasteiger partial charge in [0.2, 0.25) is 0 Å². The van der Waals surface area contributed by atoms with E-state index in [9.17, 15) is 4.79 Å². The quantitative estimate of drug-likeness (QED) is 0.830. The molecule has 0 aliphatic carbocycles. The average molecular weight is 361 g/mol. The van der Waals surface area contributed by atoms with E-state index in [1.54, 1.807) is 32.4 Å². The van der Waals surface area contributed by atoms with Crippen LogP contribution < -0.4 is 20.1 Å². The predicted octanol–water partition coefficient (Wildman–Crippen LogP) is 2.95. The number of carbonyl (C=O) groups excluding carboxylic acids is 1. The number of hydrogen-bond donors (Lipinski definition) is 2. The zero-order valence-electron chi connectivity index (χ0n) is 14.5. The van der Waals surface area contributed by atoms with E-state index >= 15 is 0 Å². The molecule has 1 aromatic carbocycles. The molecule has 0 saturated carbocycles. The standard InChI is InChI=1S/C18H23N3O3S/c1-23-15-4-3-14(11-16(15)24-2)20-18(22)19-7-9-21-8-5-17-13(12-21)6-10-25-17/h3-4,6,10-11H,5,7-9,12H2,1-2H3,(H2,19,20,22). The summed E-state index contributed by atoms with van der Waals surface area (Å²) in [5.41, 5.74) is 2.09. The molecule has 0 saturated heterocycles. The molecule has 2 heterocycles. The number of ether oxygens (including phenoxy) is 2. The second kappa shape index (κ2) is 8.22. The number of anilines is 1. The number of nitrogens with one attached hydrogen (secondary N) is 2. The highest BCUT2D eigenvalue weighted by molar-refractivity contribution is 7.10. The highest BCUT2D eigenvalue weighted by Crippen LogP contribution is 2.29. The molecular weight excluding hydrogens is 338 g/mol. The smallest absolute Gasteiger partial charge is 0.319 e. The fourth-order valence-corrected chi connectivity index (χ4v) is 3.80. The van der Waals surface area contributed by atoms with E-state index in [1.165, 1.54) is 10.4 Å². The number of thiophene rings is 1. The number of methoxy groups -OCH3 is 2. The number of benzene rings is 1. The summed E-state index contributed by atoms with van der Waals surface area (Å²) in [7, 11) is 3.15. The van der Waals surface area contributed by atoms with Crippen LogP contribution in [0.15, 0.2) is 29.6 Å². The first-order valence-corrected chi connectivity index (χ1v) is 9.12. The van der Waals surface area contributed by atoms with Crippen LogP contribution in [0.5, 0.6) is 11.5 Å². The lowest BCUT2D eigenvalue weighted by atomic mass is 10.1. The van der Waals surface area contributed by atoms with Crippen molar-refractivity contribution in [3.05, 3.63) is 40.1 Å². The molecule has 2 amide bonds. The topological polar surface area (TPSA) is 62.8 Å². The van der Waals surface area contributed by atoms with Crippen LogP contribution in [0.4, 0.5) is 10.5 Å². The van der Waals surface area contributed by atoms with Crippen molar-refractivity contribution in [1.82, 2.24) is 10.2 Å². The number of nitrogens with zero attached hydrogens (tertiary/aromatic N) is 1. The normalized spacial score (nSPS) is 13.8. The lowest BCUT2D eigenvalue weighted by Gasteiger charge is -2.26. The molecule has 134 valence electrons. The Balaban J connectivity index is 1.44. The molecule has 0 atom stereocenters. The molecule has 6 nitrogen and oxygen atoms in total. The summed E-state index contributed by atoms with van der Waals surface area (Å²) in [6.07, 6.45) is 1.10. The molecule has 2 N–H and O–H groups in total. The van der Waals surface area contributed by atoms with Crippen molar-refractivity contribution in [3.8, 4) is 11.5 Å². The minimum Gasteiger partial charge on any atom is -0.493 e. The second-order valence-corrected chi connectivity index (χ2v) is 6.85. The van der Waals surface area contributed by atoms with E-state index in [-0.39, 0.29) is 6.03 Å². The number of urea groups is 1. The molecular formula is C18H23N3O3S. The van der Waals surface area contributed by atoms with Crippen LogP contribution in [0.2, 0.25) is 0 Å². The van der Waals surface area contributed by atoms with Gasteiger partial charge in [-0.3, -0.25) is 4.90 Å². The van der Waals surface area contributed by atoms with Crippen molar-refractivity contribution in [3.63, 3.8) is 0 Å². The summed E-state index contributed by atoms with van der Waals surface area (Å²) >= 11 is 1.84. The Morgan fingerprint density at radius 2 is 2.08 bits per heavy atom. The SMILES string of the molecule is COc1ccc(NC(=O)NCCN2CCc3sccc3C2)cc1OC. The van der Waals surface area contributed by atoms with Crippen molar-refractivity contribution in [2.45, 2.75) is 13.0 Å². The Labute approximate surface area is 151 Å². The van der Waals surface area contributed by atoms with Crippen molar-refractivity contribution in [2.24, 2.45) is 0 Å². The van der Waals surface area contributed by atoms with Gasteiger partial charge in [-0.05, 0) is 35.6 Å². The first-order valence-electron chi connectivity index (χ1n) is 8.24. The van der Waals surface area contributed by atoms with Gasteiger partial charge in [0.15, 0.2) is 11.5 Å². The monoisotopic (exact) mass is 361 g/mol. The second-order valence-electron chi connectivity index (χ2n) is 5.85. The summed E-state index contributed by atoms with van der Waals surface area (Å²) in [6, 6.07) is 7.26. The van der Waals surface area contributed by atoms with Crippen molar-refractivity contribution in [1.29, 1.82) is 0 Å². The van der Waals surface area contributed by atoms with Crippen LogP contribution in [0.3, 0.4) is 0 Å². The maximum atomic E-state index is 12.1. The lowest BCUT2D eigenvalue weighted by molar-refractivity contribution is 0.239. The van der Waals surface area contributed by atoms with Gasteiger partial charge in [-0.2, -0.15) is 0 Å². The van der Waals surface area contributed by atoms with Crippen molar-refractivity contribution in [2.75, 3.05) is 39.2 Å². The van der Waals surface area contributed by atoms with E-state index in [2.05, 4.69) is 27.0 Å². The Bertz CT molecular complexity index is 732. The minimum atomic E-state index is -0.222. The van der Waals surface area contributed by atoms with E-state index in [4.69, 9.17) is 9.47 Å². The van der Waals surface area contributed by atoms with Crippen LogP contribution in [0, 0.1) is 0 Å². The zero-order valence-corrected chi connectivity index (χ0v) is 15.3. The van der Waals surface area contributed by atoms with E-state index in [0.717, 1.165) is 26.1 Å². The van der Waals surface area contributed by atoms with Gasteiger partial charge in [0.1, 0.15) is 0 Å². The predicted molar refractivity (Wildman–Crippen MR) is 99.9 cm³/mol. The molecule has 7 heteroatoms. The molecule has 1 aliphatic heterocycles. The lowest BCUT2D eigenvalue weighted by Crippen LogP contribution is -2.38. The number of carbonyl (C=O) groups is 1. The number of amides is 2. The Hall–Kier alpha value is -2.25. The molecule has 25 heavy (non-hydrogen) atoms. The molecule has 0 radical (unpaired) electrons. The Morgan fingerprint density at radius 1 is 1.24 bits per heavy atom. The summed E-state index contributed by atoms with van der Waals surface area (Å²) in [4.78, 5) is 15.9. The molecule has 1 aromatic heterocycles. The van der Waals surface area contributed by atoms with Crippen LogP contribution in [-0.2, 0) is 13.0 Å². The summed E-state index contributed by atoms with van der Waals surface area (Å²) in [5.74, 6) is 1.21. The van der Waals surface area contributed by atoms with Crippen LogP contribution >= 0.6 is 11.3 Å². The zero-order chi connectivity index (χ0) is 17.6. The molecule has 0 bridgehead atoms. The largest absolute Gasteiger partial charge is 0.493 e. The summed E-state index contributed by atoms with van der Waals surface area (Å²) in [6.45, 7) is 3.47. The van der Waals surface area contributed by atoms with Gasteiger partial charge in [-0.1, -0.05) is 0 Å². The molecule has 2 aromatic rings. The van der Waals surface area contributed by atoms with Crippen molar-refractivity contribution < 1.29 is 14.3 Å². The average Bonchev–Trinajstić information content (AvgIpc) is 3.09. The fraction of sp³-hybridized carbons (Fsp3) is 0.389. The van der Waals surface area contributed by atoms with Crippen LogP contribution in [0.25, 0.3) is 0 Å². The summed E-state index contributed by atoms with van der Waals surface area (Å²) in [5, 5.41) is 7.87. The van der Waals surface area contributed by atoms with Gasteiger partial charge < -0.3 is 20.1 Å². The molecule has 3 rings (SSSR count). The van der Waals surface area contributed by atoms with Crippen LogP contribution in [0.1, 0.15) is 10.4 Å². The van der Waals surface area contributed by atoms with Gasteiger partial charge in [0.05, 0.1) is 14.2 Å². The third-order valence-electron chi connectivity index (χ3n) is 4.24. The number of rotatable bonds is 6. The maximum absolute atomic E-state index is 12.1. The third kappa shape index (κ3) is 4.43. The van der Waals surface area contributed by atoms with Crippen molar-refractivity contribution >= 4 is 23.1 Å². The molecule has 0 spiro atoms. The summed E-state index contributed by atoms with van der Waals surface area (Å²) < 4.78 is 10.4. The number of hydrogen-bond acceptors (Lipinski definition) is 5. The Morgan fingerprint density at radius 3 is 2.88 bits per heavy atom. The van der Waals surface area contributed by atoms with E-state index < -0.39 is 0 Å². The van der Waals surface area contributed by atoms with Gasteiger partial charge >= 0.3 is 6.03 Å². The minimum absolute atomic E-state index is 0.222. The van der Waals surface area contributed by atoms with E-state index in [1.807, 2.05) is 11.3 Å². The van der Waals surface area contributed by atoms with Crippen LogP contribution in [-0.4, -0.2) is 44.8 Å². The fourth-order valence-electron chi connectivity index (χ4n) is 2.91. The highest BCUT2D eigenvalue weighted by atomic mass is 32.1. The first kappa shape index (κ1) is 17.6. The van der Waals surface area contributed by atoms with Gasteiger partial charge in [-0.25, -0.2) is 4.79 Å². The molecule has 0 unspecified atom stereocenters. The van der Waals surface area contributed by atoms with Gasteiger partial charge in [-0.15, -0.1) is 11.3 Å². The molecule has 1 aliphatic rings. The maximum Gasteiger partial charge on any atom is 0.319 e. The third-order valence-corrected chi connectivity index (χ3v) is 5.26. The first-order chi connectivity index (χ1) is 12.2. The van der Waals surface area contributed by atoms with E-state index in [0.29, 0.717) is 23.7 Å².